The van der Waals surface area contributed by atoms with Crippen LogP contribution in [0.25, 0.3) is 0 Å². The predicted molar refractivity (Wildman–Crippen MR) is 74.0 cm³/mol. The zero-order valence-electron chi connectivity index (χ0n) is 12.7. The zero-order valence-corrected chi connectivity index (χ0v) is 13.9. The van der Waals surface area contributed by atoms with E-state index in [-0.39, 0.29) is 28.8 Å². The van der Waals surface area contributed by atoms with Crippen LogP contribution in [0.4, 0.5) is 0 Å². The van der Waals surface area contributed by atoms with E-state index < -0.39 is 0 Å². The number of benzene rings is 1. The molecule has 1 atom stereocenters. The van der Waals surface area contributed by atoms with Gasteiger partial charge >= 0.3 is 33.9 Å². The first-order chi connectivity index (χ1) is 10.1. The van der Waals surface area contributed by atoms with E-state index in [0.29, 0.717) is 6.61 Å². The molecule has 0 aromatic heterocycles. The van der Waals surface area contributed by atoms with Gasteiger partial charge in [-0.3, -0.25) is 0 Å². The Morgan fingerprint density at radius 1 is 1.00 bits per heavy atom. The summed E-state index contributed by atoms with van der Waals surface area (Å²) in [7, 11) is 0. The van der Waals surface area contributed by atoms with E-state index in [9.17, 15) is 0 Å². The molecule has 0 N–H and O–H groups in total. The second-order valence-electron chi connectivity index (χ2n) is 4.99. The molecule has 0 aliphatic carbocycles. The van der Waals surface area contributed by atoms with Gasteiger partial charge in [-0.25, -0.2) is 4.99 Å². The van der Waals surface area contributed by atoms with Gasteiger partial charge in [0.2, 0.25) is 5.90 Å². The van der Waals surface area contributed by atoms with E-state index in [4.69, 9.17) is 18.7 Å². The molecule has 6 heteroatoms. The first-order valence-electron chi connectivity index (χ1n) is 5.94. The summed E-state index contributed by atoms with van der Waals surface area (Å²) >= 11 is 0. The van der Waals surface area contributed by atoms with E-state index in [0.717, 1.165) is 11.5 Å². The van der Waals surface area contributed by atoms with E-state index in [2.05, 4.69) is 45.7 Å². The largest absolute Gasteiger partial charge is 0 e. The molecule has 0 saturated heterocycles. The molecule has 2 rings (SSSR count). The molecule has 0 unspecified atom stereocenters. The molecule has 1 heterocycles. The van der Waals surface area contributed by atoms with Crippen molar-refractivity contribution in [3.8, 4) is 0 Å². The Labute approximate surface area is 142 Å². The number of rotatable bonds is 1. The molecule has 1 aliphatic heterocycles. The molecule has 0 fully saturated rings. The van der Waals surface area contributed by atoms with Crippen LogP contribution in [0.2, 0.25) is 0 Å². The molecule has 0 radical (unpaired) electrons. The molecule has 0 amide bonds. The Bertz CT molecular complexity index is 472. The standard InChI is InChI=1S/C13H17NO.3CO.Cr/c1-13(2,3)11-9-15-12(14-11)10-7-5-4-6-8-10;3*1-2;/h4-8,11H,9H2,1-3H3;;;;/t11-;;;;/m1..../s1. The molecule has 1 aromatic carbocycles. The minimum Gasteiger partial charge on any atom is 0 e. The van der Waals surface area contributed by atoms with Gasteiger partial charge in [0.25, 0.3) is 0 Å². The second-order valence-corrected chi connectivity index (χ2v) is 4.99. The molecular weight excluding hydrogens is 322 g/mol. The van der Waals surface area contributed by atoms with Crippen molar-refractivity contribution in [1.82, 2.24) is 0 Å². The van der Waals surface area contributed by atoms with Gasteiger partial charge in [0, 0.05) is 22.9 Å². The summed E-state index contributed by atoms with van der Waals surface area (Å²) in [5, 5.41) is 0. The van der Waals surface area contributed by atoms with Gasteiger partial charge in [0.05, 0.1) is 6.04 Å². The average Bonchev–Trinajstić information content (AvgIpc) is 3.04. The number of ether oxygens (including phenoxy) is 1. The van der Waals surface area contributed by atoms with Gasteiger partial charge in [0.1, 0.15) is 6.61 Å². The quantitative estimate of drug-likeness (QED) is 0.572. The summed E-state index contributed by atoms with van der Waals surface area (Å²) in [5.41, 5.74) is 1.25. The first kappa shape index (κ1) is 25.4. The minimum absolute atomic E-state index is 0. The summed E-state index contributed by atoms with van der Waals surface area (Å²) in [4.78, 5) is 4.62. The maximum absolute atomic E-state index is 7.50. The summed E-state index contributed by atoms with van der Waals surface area (Å²) in [6, 6.07) is 10.3. The fraction of sp³-hybridized carbons (Fsp3) is 0.375. The van der Waals surface area contributed by atoms with Crippen molar-refractivity contribution < 1.29 is 36.1 Å². The third-order valence-corrected chi connectivity index (χ3v) is 2.67. The minimum atomic E-state index is 0. The van der Waals surface area contributed by atoms with Crippen molar-refractivity contribution in [3.05, 3.63) is 55.8 Å². The van der Waals surface area contributed by atoms with Crippen molar-refractivity contribution in [1.29, 1.82) is 0 Å². The molecule has 0 saturated carbocycles. The third kappa shape index (κ3) is 8.67. The van der Waals surface area contributed by atoms with Gasteiger partial charge in [-0.2, -0.15) is 0 Å². The first-order valence-corrected chi connectivity index (χ1v) is 5.94. The van der Waals surface area contributed by atoms with Crippen LogP contribution in [-0.4, -0.2) is 18.5 Å². The van der Waals surface area contributed by atoms with Crippen LogP contribution in [-0.2, 0) is 36.1 Å². The van der Waals surface area contributed by atoms with Crippen molar-refractivity contribution >= 4 is 5.90 Å². The van der Waals surface area contributed by atoms with Crippen molar-refractivity contribution in [2.45, 2.75) is 26.8 Å². The number of hydrogen-bond donors (Lipinski definition) is 0. The Hall–Kier alpha value is -1.56. The predicted octanol–water partition coefficient (Wildman–Crippen LogP) is 2.76. The Morgan fingerprint density at radius 2 is 1.45 bits per heavy atom. The topological polar surface area (TPSA) is 81.3 Å². The summed E-state index contributed by atoms with van der Waals surface area (Å²) in [5.74, 6) is 0.788. The van der Waals surface area contributed by atoms with Gasteiger partial charge in [-0.05, 0) is 17.5 Å². The van der Waals surface area contributed by atoms with Gasteiger partial charge in [-0.1, -0.05) is 39.0 Å². The van der Waals surface area contributed by atoms with Gasteiger partial charge in [-0.15, -0.1) is 0 Å². The van der Waals surface area contributed by atoms with Crippen LogP contribution < -0.4 is 0 Å². The fourth-order valence-corrected chi connectivity index (χ4v) is 1.56. The van der Waals surface area contributed by atoms with Crippen LogP contribution >= 0.6 is 0 Å². The molecule has 1 aliphatic rings. The van der Waals surface area contributed by atoms with Crippen LogP contribution in [0.1, 0.15) is 26.3 Å². The number of hydrogen-bond acceptors (Lipinski definition) is 2. The van der Waals surface area contributed by atoms with Crippen LogP contribution in [0.15, 0.2) is 35.3 Å². The monoisotopic (exact) mass is 339 g/mol. The summed E-state index contributed by atoms with van der Waals surface area (Å²) in [6.07, 6.45) is 0. The summed E-state index contributed by atoms with van der Waals surface area (Å²) in [6.45, 7) is 20.8. The molecule has 0 spiro atoms. The smallest absolute Gasteiger partial charge is 0 e. The Morgan fingerprint density at radius 3 is 1.82 bits per heavy atom. The molecule has 5 nitrogen and oxygen atoms in total. The molecular formula is C16H17CrNO4. The maximum atomic E-state index is 7.50. The van der Waals surface area contributed by atoms with E-state index in [1.54, 1.807) is 0 Å². The summed E-state index contributed by atoms with van der Waals surface area (Å²) < 4.78 is 28.1. The molecule has 0 bridgehead atoms. The van der Waals surface area contributed by atoms with Crippen LogP contribution in [0.3, 0.4) is 0 Å². The van der Waals surface area contributed by atoms with Crippen LogP contribution in [0, 0.1) is 25.4 Å². The van der Waals surface area contributed by atoms with Crippen molar-refractivity contribution in [3.63, 3.8) is 0 Å². The fourth-order valence-electron chi connectivity index (χ4n) is 1.56. The van der Waals surface area contributed by atoms with E-state index in [1.165, 1.54) is 0 Å². The molecule has 116 valence electrons. The van der Waals surface area contributed by atoms with Gasteiger partial charge in [0.15, 0.2) is 0 Å². The Balaban J connectivity index is -0.000000463. The number of aliphatic imine (C=N–C) groups is 1. The Kier molecular flexibility index (Phi) is 16.6. The van der Waals surface area contributed by atoms with E-state index >= 15 is 0 Å². The van der Waals surface area contributed by atoms with Crippen molar-refractivity contribution in [2.75, 3.05) is 6.61 Å². The maximum Gasteiger partial charge on any atom is 0 e. The third-order valence-electron chi connectivity index (χ3n) is 2.67. The zero-order chi connectivity index (χ0) is 16.9. The number of nitrogens with zero attached hydrogens (tertiary/aromatic N) is 1. The van der Waals surface area contributed by atoms with Gasteiger partial charge < -0.3 is 4.74 Å². The normalized spacial score (nSPS) is 14.6. The van der Waals surface area contributed by atoms with E-state index in [1.807, 2.05) is 30.3 Å². The molecule has 22 heavy (non-hydrogen) atoms. The SMILES string of the molecule is CC(C)(C)[C@H]1COC(c2ccccc2)=N1.[C-]#[O+].[C-]#[O+].[C-]#[O+].[Cr]. The van der Waals surface area contributed by atoms with Crippen LogP contribution in [0.5, 0.6) is 0 Å². The average molecular weight is 339 g/mol. The second kappa shape index (κ2) is 14.4. The van der Waals surface area contributed by atoms with Crippen molar-refractivity contribution in [2.24, 2.45) is 10.4 Å². The molecule has 1 aromatic rings.